The number of rotatable bonds is 6. The van der Waals surface area contributed by atoms with Crippen LogP contribution in [0.4, 0.5) is 0 Å². The zero-order chi connectivity index (χ0) is 15.2. The van der Waals surface area contributed by atoms with Crippen molar-refractivity contribution in [2.24, 2.45) is 5.73 Å². The third kappa shape index (κ3) is 4.44. The first-order valence-electron chi connectivity index (χ1n) is 6.75. The van der Waals surface area contributed by atoms with Crippen LogP contribution in [0.2, 0.25) is 0 Å². The number of aromatic nitrogens is 1. The van der Waals surface area contributed by atoms with Gasteiger partial charge in [0.25, 0.3) is 0 Å². The molecule has 0 aliphatic heterocycles. The molecular weight excluding hydrogens is 332 g/mol. The molecule has 1 aromatic heterocycles. The molecule has 112 valence electrons. The Bertz CT molecular complexity index is 585. The van der Waals surface area contributed by atoms with Crippen LogP contribution < -0.4 is 15.2 Å². The Morgan fingerprint density at radius 3 is 2.71 bits per heavy atom. The number of halogens is 1. The van der Waals surface area contributed by atoms with Crippen LogP contribution in [0.5, 0.6) is 11.5 Å². The smallest absolute Gasteiger partial charge is 0.164 e. The molecule has 5 heteroatoms. The molecule has 0 saturated carbocycles. The van der Waals surface area contributed by atoms with E-state index in [1.807, 2.05) is 37.3 Å². The van der Waals surface area contributed by atoms with Crippen LogP contribution in [-0.4, -0.2) is 18.1 Å². The Morgan fingerprint density at radius 2 is 2.10 bits per heavy atom. The molecule has 4 nitrogen and oxygen atoms in total. The zero-order valence-electron chi connectivity index (χ0n) is 12.2. The number of hydrogen-bond donors (Lipinski definition) is 1. The van der Waals surface area contributed by atoms with Crippen molar-refractivity contribution in [1.29, 1.82) is 0 Å². The third-order valence-corrected chi connectivity index (χ3v) is 3.44. The van der Waals surface area contributed by atoms with Gasteiger partial charge in [-0.3, -0.25) is 4.98 Å². The van der Waals surface area contributed by atoms with Crippen molar-refractivity contribution in [3.63, 3.8) is 0 Å². The number of methoxy groups -OCH3 is 1. The highest BCUT2D eigenvalue weighted by molar-refractivity contribution is 9.10. The molecule has 2 N–H and O–H groups in total. The second-order valence-corrected chi connectivity index (χ2v) is 5.80. The average molecular weight is 351 g/mol. The molecule has 0 amide bonds. The first kappa shape index (κ1) is 15.8. The Balaban J connectivity index is 2.18. The average Bonchev–Trinajstić information content (AvgIpc) is 2.46. The molecular formula is C16H19BrN2O2. The zero-order valence-corrected chi connectivity index (χ0v) is 13.8. The lowest BCUT2D eigenvalue weighted by Gasteiger charge is -2.16. The molecule has 1 heterocycles. The maximum Gasteiger partial charge on any atom is 0.164 e. The highest BCUT2D eigenvalue weighted by Gasteiger charge is 2.12. The predicted octanol–water partition coefficient (Wildman–Crippen LogP) is 3.32. The quantitative estimate of drug-likeness (QED) is 0.867. The molecule has 2 rings (SSSR count). The molecule has 0 radical (unpaired) electrons. The van der Waals surface area contributed by atoms with E-state index in [9.17, 15) is 0 Å². The van der Waals surface area contributed by atoms with Gasteiger partial charge in [-0.05, 0) is 53.0 Å². The van der Waals surface area contributed by atoms with Crippen molar-refractivity contribution in [1.82, 2.24) is 4.98 Å². The van der Waals surface area contributed by atoms with Crippen LogP contribution in [0.1, 0.15) is 18.2 Å². The lowest BCUT2D eigenvalue weighted by Crippen LogP contribution is -2.18. The van der Waals surface area contributed by atoms with Gasteiger partial charge in [0.1, 0.15) is 6.61 Å². The van der Waals surface area contributed by atoms with Gasteiger partial charge in [0.05, 0.1) is 12.8 Å². The molecule has 1 unspecified atom stereocenters. The summed E-state index contributed by atoms with van der Waals surface area (Å²) in [6.07, 6.45) is 2.49. The molecule has 1 aromatic carbocycles. The minimum Gasteiger partial charge on any atom is -0.493 e. The van der Waals surface area contributed by atoms with E-state index in [1.165, 1.54) is 0 Å². The molecule has 2 aromatic rings. The summed E-state index contributed by atoms with van der Waals surface area (Å²) in [4.78, 5) is 4.30. The fraction of sp³-hybridized carbons (Fsp3) is 0.312. The number of nitrogens with two attached hydrogens (primary N) is 1. The van der Waals surface area contributed by atoms with Crippen LogP contribution in [0, 0.1) is 0 Å². The van der Waals surface area contributed by atoms with Crippen molar-refractivity contribution < 1.29 is 9.47 Å². The number of pyridine rings is 1. The topological polar surface area (TPSA) is 57.4 Å². The molecule has 0 fully saturated rings. The van der Waals surface area contributed by atoms with Crippen LogP contribution in [0.3, 0.4) is 0 Å². The van der Waals surface area contributed by atoms with Crippen LogP contribution >= 0.6 is 15.9 Å². The summed E-state index contributed by atoms with van der Waals surface area (Å²) in [7, 11) is 1.63. The van der Waals surface area contributed by atoms with Gasteiger partial charge in [0.2, 0.25) is 0 Å². The number of hydrogen-bond acceptors (Lipinski definition) is 4. The van der Waals surface area contributed by atoms with E-state index in [0.717, 1.165) is 27.9 Å². The van der Waals surface area contributed by atoms with Crippen LogP contribution in [-0.2, 0) is 13.0 Å². The summed E-state index contributed by atoms with van der Waals surface area (Å²) >= 11 is 3.37. The van der Waals surface area contributed by atoms with Gasteiger partial charge in [0, 0.05) is 16.7 Å². The molecule has 1 atom stereocenters. The van der Waals surface area contributed by atoms with Crippen LogP contribution in [0.25, 0.3) is 0 Å². The minimum absolute atomic E-state index is 0.0604. The number of benzene rings is 1. The second-order valence-electron chi connectivity index (χ2n) is 4.89. The Morgan fingerprint density at radius 1 is 1.29 bits per heavy atom. The van der Waals surface area contributed by atoms with Gasteiger partial charge in [0.15, 0.2) is 11.5 Å². The molecule has 0 aliphatic rings. The Kier molecular flexibility index (Phi) is 5.59. The normalized spacial score (nSPS) is 12.0. The summed E-state index contributed by atoms with van der Waals surface area (Å²) in [5.74, 6) is 1.45. The Hall–Kier alpha value is -1.59. The monoisotopic (exact) mass is 350 g/mol. The fourth-order valence-corrected chi connectivity index (χ4v) is 2.27. The first-order chi connectivity index (χ1) is 10.1. The van der Waals surface area contributed by atoms with E-state index >= 15 is 0 Å². The van der Waals surface area contributed by atoms with Crippen molar-refractivity contribution >= 4 is 15.9 Å². The predicted molar refractivity (Wildman–Crippen MR) is 86.6 cm³/mol. The van der Waals surface area contributed by atoms with E-state index < -0.39 is 0 Å². The lowest BCUT2D eigenvalue weighted by atomic mass is 10.1. The van der Waals surface area contributed by atoms with Gasteiger partial charge in [-0.1, -0.05) is 12.1 Å². The molecule has 21 heavy (non-hydrogen) atoms. The van der Waals surface area contributed by atoms with E-state index in [0.29, 0.717) is 12.4 Å². The SMILES string of the molecule is COc1cccc(CC(C)N)c1OCc1ccc(Br)cn1. The van der Waals surface area contributed by atoms with E-state index in [4.69, 9.17) is 15.2 Å². The summed E-state index contributed by atoms with van der Waals surface area (Å²) in [5.41, 5.74) is 7.80. The standard InChI is InChI=1S/C16H19BrN2O2/c1-11(18)8-12-4-3-5-15(20-2)16(12)21-10-14-7-6-13(17)9-19-14/h3-7,9,11H,8,10,18H2,1-2H3. The van der Waals surface area contributed by atoms with Crippen molar-refractivity contribution in [2.75, 3.05) is 7.11 Å². The highest BCUT2D eigenvalue weighted by atomic mass is 79.9. The summed E-state index contributed by atoms with van der Waals surface area (Å²) in [6.45, 7) is 2.36. The summed E-state index contributed by atoms with van der Waals surface area (Å²) in [6, 6.07) is 9.76. The third-order valence-electron chi connectivity index (χ3n) is 2.98. The van der Waals surface area contributed by atoms with Crippen molar-refractivity contribution in [3.05, 3.63) is 52.3 Å². The highest BCUT2D eigenvalue weighted by Crippen LogP contribution is 2.32. The molecule has 0 saturated heterocycles. The first-order valence-corrected chi connectivity index (χ1v) is 7.54. The van der Waals surface area contributed by atoms with Gasteiger partial charge < -0.3 is 15.2 Å². The van der Waals surface area contributed by atoms with Gasteiger partial charge in [-0.25, -0.2) is 0 Å². The van der Waals surface area contributed by atoms with E-state index in [-0.39, 0.29) is 6.04 Å². The van der Waals surface area contributed by atoms with Crippen molar-refractivity contribution in [3.8, 4) is 11.5 Å². The summed E-state index contributed by atoms with van der Waals surface area (Å²) in [5, 5.41) is 0. The van der Waals surface area contributed by atoms with E-state index in [1.54, 1.807) is 13.3 Å². The maximum absolute atomic E-state index is 5.93. The second kappa shape index (κ2) is 7.43. The number of nitrogens with zero attached hydrogens (tertiary/aromatic N) is 1. The minimum atomic E-state index is 0.0604. The summed E-state index contributed by atoms with van der Waals surface area (Å²) < 4.78 is 12.3. The van der Waals surface area contributed by atoms with Gasteiger partial charge in [-0.15, -0.1) is 0 Å². The maximum atomic E-state index is 5.93. The lowest BCUT2D eigenvalue weighted by molar-refractivity contribution is 0.277. The van der Waals surface area contributed by atoms with Crippen LogP contribution in [0.15, 0.2) is 41.0 Å². The number of ether oxygens (including phenoxy) is 2. The van der Waals surface area contributed by atoms with Gasteiger partial charge >= 0.3 is 0 Å². The Labute approximate surface area is 133 Å². The molecule has 0 aliphatic carbocycles. The van der Waals surface area contributed by atoms with Gasteiger partial charge in [-0.2, -0.15) is 0 Å². The molecule has 0 bridgehead atoms. The number of para-hydroxylation sites is 1. The molecule has 0 spiro atoms. The van der Waals surface area contributed by atoms with Crippen molar-refractivity contribution in [2.45, 2.75) is 26.0 Å². The van der Waals surface area contributed by atoms with E-state index in [2.05, 4.69) is 20.9 Å². The largest absolute Gasteiger partial charge is 0.493 e. The fourth-order valence-electron chi connectivity index (χ4n) is 2.03.